The number of nitrogens with zero attached hydrogens (tertiary/aromatic N) is 4. The molecule has 3 aromatic rings. The highest BCUT2D eigenvalue weighted by molar-refractivity contribution is 7.80. The van der Waals surface area contributed by atoms with E-state index in [1.54, 1.807) is 30.7 Å². The van der Waals surface area contributed by atoms with Gasteiger partial charge in [-0.1, -0.05) is 54.4 Å². The smallest absolute Gasteiger partial charge is 0.226 e. The van der Waals surface area contributed by atoms with E-state index < -0.39 is 0 Å². The molecule has 10 heteroatoms. The van der Waals surface area contributed by atoms with Gasteiger partial charge < -0.3 is 20.1 Å². The van der Waals surface area contributed by atoms with Gasteiger partial charge in [0.25, 0.3) is 0 Å². The van der Waals surface area contributed by atoms with E-state index in [9.17, 15) is 4.79 Å². The predicted molar refractivity (Wildman–Crippen MR) is 161 cm³/mol. The second-order valence-electron chi connectivity index (χ2n) is 10.4. The number of hydrogen-bond acceptors (Lipinski definition) is 4. The van der Waals surface area contributed by atoms with E-state index in [0.717, 1.165) is 16.8 Å². The van der Waals surface area contributed by atoms with E-state index in [1.807, 2.05) is 61.4 Å². The van der Waals surface area contributed by atoms with Crippen LogP contribution in [0.3, 0.4) is 0 Å². The van der Waals surface area contributed by atoms with Gasteiger partial charge in [0.1, 0.15) is 0 Å². The maximum Gasteiger partial charge on any atom is 0.226 e. The largest absolute Gasteiger partial charge is 0.358 e. The van der Waals surface area contributed by atoms with Gasteiger partial charge in [0.2, 0.25) is 5.91 Å². The quantitative estimate of drug-likeness (QED) is 0.296. The van der Waals surface area contributed by atoms with Gasteiger partial charge >= 0.3 is 0 Å². The standard InChI is InChI=1S/C29H34Cl2N6OS/c1-5-23(18-36(28(39)35-29(2,3)4)17-22-7-6-8-25(30)27(22)31)34-26(38)13-24-15-33-19-37(24)16-21-11-9-20(14-32)10-12-21/h6-12,15,19,23H,5,13,16-18H2,1-4H3,(H,34,38)(H,35,39)/t23-/m0/s1. The zero-order valence-electron chi connectivity index (χ0n) is 22.7. The van der Waals surface area contributed by atoms with Crippen LogP contribution in [-0.2, 0) is 24.3 Å². The van der Waals surface area contributed by atoms with Gasteiger partial charge in [-0.15, -0.1) is 0 Å². The molecule has 1 amide bonds. The zero-order chi connectivity index (χ0) is 28.6. The van der Waals surface area contributed by atoms with Crippen molar-refractivity contribution >= 4 is 46.4 Å². The molecule has 0 saturated carbocycles. The number of thiocarbonyl (C=S) groups is 1. The van der Waals surface area contributed by atoms with E-state index in [2.05, 4.69) is 21.7 Å². The lowest BCUT2D eigenvalue weighted by molar-refractivity contribution is -0.121. The van der Waals surface area contributed by atoms with Gasteiger partial charge in [-0.25, -0.2) is 4.98 Å². The number of rotatable bonds is 10. The Balaban J connectivity index is 1.69. The summed E-state index contributed by atoms with van der Waals surface area (Å²) in [4.78, 5) is 19.4. The Labute approximate surface area is 246 Å². The normalized spacial score (nSPS) is 11.9. The molecule has 7 nitrogen and oxygen atoms in total. The third-order valence-corrected chi connectivity index (χ3v) is 7.26. The highest BCUT2D eigenvalue weighted by atomic mass is 35.5. The molecular formula is C29H34Cl2N6OS. The molecule has 0 radical (unpaired) electrons. The molecule has 0 saturated heterocycles. The second-order valence-corrected chi connectivity index (χ2v) is 11.6. The summed E-state index contributed by atoms with van der Waals surface area (Å²) in [6, 6.07) is 14.9. The van der Waals surface area contributed by atoms with Crippen LogP contribution in [0.2, 0.25) is 10.0 Å². The van der Waals surface area contributed by atoms with Gasteiger partial charge in [-0.05, 0) is 68.7 Å². The van der Waals surface area contributed by atoms with Crippen molar-refractivity contribution in [3.05, 3.63) is 87.4 Å². The monoisotopic (exact) mass is 584 g/mol. The van der Waals surface area contributed by atoms with E-state index in [4.69, 9.17) is 40.7 Å². The number of carbonyl (C=O) groups is 1. The summed E-state index contributed by atoms with van der Waals surface area (Å²) in [6.07, 6.45) is 4.33. The predicted octanol–water partition coefficient (Wildman–Crippen LogP) is 5.72. The Kier molecular flexibility index (Phi) is 10.8. The highest BCUT2D eigenvalue weighted by Crippen LogP contribution is 2.27. The fourth-order valence-corrected chi connectivity index (χ4v) is 4.83. The van der Waals surface area contributed by atoms with Crippen LogP contribution in [0.25, 0.3) is 0 Å². The van der Waals surface area contributed by atoms with Crippen molar-refractivity contribution in [2.45, 2.75) is 65.2 Å². The number of halogens is 2. The number of carbonyl (C=O) groups excluding carboxylic acids is 1. The first-order chi connectivity index (χ1) is 18.5. The molecule has 0 unspecified atom stereocenters. The maximum absolute atomic E-state index is 13.1. The molecule has 3 rings (SSSR count). The van der Waals surface area contributed by atoms with Crippen LogP contribution in [0, 0.1) is 11.3 Å². The summed E-state index contributed by atoms with van der Waals surface area (Å²) in [5.41, 5.74) is 3.06. The van der Waals surface area contributed by atoms with Crippen molar-refractivity contribution < 1.29 is 4.79 Å². The van der Waals surface area contributed by atoms with Crippen LogP contribution in [0.1, 0.15) is 56.5 Å². The lowest BCUT2D eigenvalue weighted by atomic mass is 10.1. The highest BCUT2D eigenvalue weighted by Gasteiger charge is 2.22. The Morgan fingerprint density at radius 3 is 2.56 bits per heavy atom. The second kappa shape index (κ2) is 13.8. The molecule has 0 aliphatic rings. The number of imidazole rings is 1. The molecule has 2 aromatic carbocycles. The summed E-state index contributed by atoms with van der Waals surface area (Å²) in [5.74, 6) is -0.0983. The molecule has 39 heavy (non-hydrogen) atoms. The number of nitrogens with one attached hydrogen (secondary N) is 2. The first kappa shape index (κ1) is 30.4. The Hall–Kier alpha value is -3.12. The molecule has 0 aliphatic heterocycles. The van der Waals surface area contributed by atoms with Crippen LogP contribution in [0.4, 0.5) is 0 Å². The Morgan fingerprint density at radius 2 is 1.92 bits per heavy atom. The van der Waals surface area contributed by atoms with Gasteiger partial charge in [0, 0.05) is 43.1 Å². The first-order valence-electron chi connectivity index (χ1n) is 12.8. The van der Waals surface area contributed by atoms with E-state index in [0.29, 0.717) is 46.8 Å². The summed E-state index contributed by atoms with van der Waals surface area (Å²) in [5, 5.41) is 17.1. The minimum atomic E-state index is -0.230. The van der Waals surface area contributed by atoms with Gasteiger partial charge in [0.15, 0.2) is 5.11 Å². The topological polar surface area (TPSA) is 86.0 Å². The third-order valence-electron chi connectivity index (χ3n) is 6.04. The summed E-state index contributed by atoms with van der Waals surface area (Å²) < 4.78 is 1.94. The van der Waals surface area contributed by atoms with Crippen molar-refractivity contribution in [1.29, 1.82) is 5.26 Å². The van der Waals surface area contributed by atoms with Crippen molar-refractivity contribution in [1.82, 2.24) is 25.1 Å². The van der Waals surface area contributed by atoms with Crippen LogP contribution >= 0.6 is 35.4 Å². The number of nitriles is 1. The van der Waals surface area contributed by atoms with E-state index in [-0.39, 0.29) is 23.9 Å². The maximum atomic E-state index is 13.1. The molecule has 1 aromatic heterocycles. The van der Waals surface area contributed by atoms with Crippen LogP contribution in [-0.4, -0.2) is 43.6 Å². The summed E-state index contributed by atoms with van der Waals surface area (Å²) in [7, 11) is 0. The molecule has 0 fully saturated rings. The van der Waals surface area contributed by atoms with Crippen molar-refractivity contribution in [3.63, 3.8) is 0 Å². The fourth-order valence-electron chi connectivity index (χ4n) is 4.00. The van der Waals surface area contributed by atoms with Gasteiger partial charge in [0.05, 0.1) is 34.4 Å². The third kappa shape index (κ3) is 9.24. The zero-order valence-corrected chi connectivity index (χ0v) is 25.0. The van der Waals surface area contributed by atoms with Crippen LogP contribution in [0.5, 0.6) is 0 Å². The minimum absolute atomic E-state index is 0.0983. The molecule has 0 bridgehead atoms. The average Bonchev–Trinajstić information content (AvgIpc) is 3.31. The van der Waals surface area contributed by atoms with Crippen molar-refractivity contribution in [3.8, 4) is 6.07 Å². The summed E-state index contributed by atoms with van der Waals surface area (Å²) >= 11 is 18.5. The molecule has 1 atom stereocenters. The molecule has 1 heterocycles. The van der Waals surface area contributed by atoms with Crippen LogP contribution < -0.4 is 10.6 Å². The Morgan fingerprint density at radius 1 is 1.21 bits per heavy atom. The first-order valence-corrected chi connectivity index (χ1v) is 13.9. The Bertz CT molecular complexity index is 1330. The molecule has 206 valence electrons. The van der Waals surface area contributed by atoms with Crippen LogP contribution in [0.15, 0.2) is 55.0 Å². The lowest BCUT2D eigenvalue weighted by Gasteiger charge is -2.34. The SMILES string of the molecule is CC[C@@H](CN(Cc1cccc(Cl)c1Cl)C(=S)NC(C)(C)C)NC(=O)Cc1cncn1Cc1ccc(C#N)cc1. The average molecular weight is 586 g/mol. The van der Waals surface area contributed by atoms with Crippen molar-refractivity contribution in [2.24, 2.45) is 0 Å². The van der Waals surface area contributed by atoms with Gasteiger partial charge in [-0.2, -0.15) is 5.26 Å². The fraction of sp³-hybridized carbons (Fsp3) is 0.379. The molecule has 0 aliphatic carbocycles. The molecular weight excluding hydrogens is 551 g/mol. The van der Waals surface area contributed by atoms with Gasteiger partial charge in [-0.3, -0.25) is 4.79 Å². The van der Waals surface area contributed by atoms with E-state index in [1.165, 1.54) is 0 Å². The number of amides is 1. The lowest BCUT2D eigenvalue weighted by Crippen LogP contribution is -2.52. The van der Waals surface area contributed by atoms with E-state index >= 15 is 0 Å². The van der Waals surface area contributed by atoms with Crippen molar-refractivity contribution in [2.75, 3.05) is 6.54 Å². The molecule has 2 N–H and O–H groups in total. The number of hydrogen-bond donors (Lipinski definition) is 2. The molecule has 0 spiro atoms. The number of benzene rings is 2. The minimum Gasteiger partial charge on any atom is -0.358 e. The summed E-state index contributed by atoms with van der Waals surface area (Å²) in [6.45, 7) is 9.68. The number of aromatic nitrogens is 2.